The largest absolute Gasteiger partial charge is 0.338 e. The molecule has 0 aliphatic carbocycles. The van der Waals surface area contributed by atoms with Gasteiger partial charge in [0, 0.05) is 12.6 Å². The minimum absolute atomic E-state index is 0.109. The van der Waals surface area contributed by atoms with Crippen molar-refractivity contribution in [3.05, 3.63) is 12.7 Å². The van der Waals surface area contributed by atoms with Crippen molar-refractivity contribution in [1.82, 2.24) is 10.6 Å². The number of urea groups is 1. The third kappa shape index (κ3) is 6.90. The number of nitrogens with one attached hydrogen (secondary N) is 2. The van der Waals surface area contributed by atoms with Crippen LogP contribution in [-0.4, -0.2) is 18.6 Å². The summed E-state index contributed by atoms with van der Waals surface area (Å²) in [6.07, 6.45) is 2.58. The lowest BCUT2D eigenvalue weighted by atomic mass is 10.4. The molecule has 0 unspecified atom stereocenters. The van der Waals surface area contributed by atoms with Gasteiger partial charge in [-0.15, -0.1) is 6.58 Å². The molecule has 0 radical (unpaired) electrons. The molecule has 0 aromatic rings. The van der Waals surface area contributed by atoms with Crippen LogP contribution in [0.1, 0.15) is 20.3 Å². The van der Waals surface area contributed by atoms with E-state index in [0.29, 0.717) is 6.54 Å². The fourth-order valence-corrected chi connectivity index (χ4v) is 0.601. The molecule has 0 aliphatic heterocycles. The molecule has 2 amide bonds. The summed E-state index contributed by atoms with van der Waals surface area (Å²) in [4.78, 5) is 10.9. The molecule has 0 aliphatic rings. The molecular formula is C8H16N2O. The van der Waals surface area contributed by atoms with E-state index in [-0.39, 0.29) is 12.1 Å². The first kappa shape index (κ1) is 10.0. The smallest absolute Gasteiger partial charge is 0.314 e. The maximum atomic E-state index is 10.9. The number of carbonyl (C=O) groups excluding carboxylic acids is 1. The van der Waals surface area contributed by atoms with E-state index in [4.69, 9.17) is 0 Å². The highest BCUT2D eigenvalue weighted by atomic mass is 16.2. The first-order chi connectivity index (χ1) is 5.16. The van der Waals surface area contributed by atoms with Crippen LogP contribution in [0.5, 0.6) is 0 Å². The number of hydrogen-bond acceptors (Lipinski definition) is 1. The van der Waals surface area contributed by atoms with Crippen LogP contribution in [0.3, 0.4) is 0 Å². The number of hydrogen-bond donors (Lipinski definition) is 2. The summed E-state index contributed by atoms with van der Waals surface area (Å²) >= 11 is 0. The third-order valence-electron chi connectivity index (χ3n) is 1.05. The molecule has 0 saturated heterocycles. The Bertz CT molecular complexity index is 132. The second-order valence-corrected chi connectivity index (χ2v) is 2.63. The molecule has 3 heteroatoms. The van der Waals surface area contributed by atoms with Crippen LogP contribution in [-0.2, 0) is 0 Å². The Labute approximate surface area is 67.9 Å². The second kappa shape index (κ2) is 5.77. The van der Waals surface area contributed by atoms with Gasteiger partial charge in [0.25, 0.3) is 0 Å². The molecule has 0 saturated carbocycles. The number of rotatable bonds is 4. The second-order valence-electron chi connectivity index (χ2n) is 2.63. The molecule has 64 valence electrons. The normalized spacial score (nSPS) is 9.36. The highest BCUT2D eigenvalue weighted by Crippen LogP contribution is 1.78. The first-order valence-corrected chi connectivity index (χ1v) is 3.82. The van der Waals surface area contributed by atoms with Crippen molar-refractivity contribution in [3.8, 4) is 0 Å². The zero-order valence-corrected chi connectivity index (χ0v) is 7.18. The molecule has 2 N–H and O–H groups in total. The first-order valence-electron chi connectivity index (χ1n) is 3.82. The van der Waals surface area contributed by atoms with Crippen LogP contribution in [0.25, 0.3) is 0 Å². The summed E-state index contributed by atoms with van der Waals surface area (Å²) in [5, 5.41) is 5.41. The summed E-state index contributed by atoms with van der Waals surface area (Å²) in [5.41, 5.74) is 0. The summed E-state index contributed by atoms with van der Waals surface area (Å²) in [6, 6.07) is 0.0839. The van der Waals surface area contributed by atoms with E-state index in [1.807, 2.05) is 13.8 Å². The van der Waals surface area contributed by atoms with Crippen LogP contribution in [0.2, 0.25) is 0 Å². The van der Waals surface area contributed by atoms with Crippen LogP contribution >= 0.6 is 0 Å². The van der Waals surface area contributed by atoms with Crippen molar-refractivity contribution < 1.29 is 4.79 Å². The lowest BCUT2D eigenvalue weighted by Gasteiger charge is -2.08. The van der Waals surface area contributed by atoms with Gasteiger partial charge in [0.15, 0.2) is 0 Å². The van der Waals surface area contributed by atoms with Crippen LogP contribution < -0.4 is 10.6 Å². The summed E-state index contributed by atoms with van der Waals surface area (Å²) in [5.74, 6) is 0. The molecule has 0 aromatic heterocycles. The summed E-state index contributed by atoms with van der Waals surface area (Å²) < 4.78 is 0. The van der Waals surface area contributed by atoms with Crippen molar-refractivity contribution >= 4 is 6.03 Å². The molecule has 0 aromatic carbocycles. The molecule has 0 atom stereocenters. The lowest BCUT2D eigenvalue weighted by Crippen LogP contribution is -2.39. The molecule has 0 spiro atoms. The Morgan fingerprint density at radius 3 is 2.73 bits per heavy atom. The summed E-state index contributed by atoms with van der Waals surface area (Å²) in [6.45, 7) is 8.05. The predicted octanol–water partition coefficient (Wildman–Crippen LogP) is 1.27. The van der Waals surface area contributed by atoms with Crippen LogP contribution in [0.15, 0.2) is 12.7 Å². The van der Waals surface area contributed by atoms with Crippen molar-refractivity contribution in [2.75, 3.05) is 6.54 Å². The summed E-state index contributed by atoms with van der Waals surface area (Å²) in [7, 11) is 0. The van der Waals surface area contributed by atoms with E-state index in [2.05, 4.69) is 17.2 Å². The topological polar surface area (TPSA) is 41.1 Å². The van der Waals surface area contributed by atoms with Crippen molar-refractivity contribution in [2.24, 2.45) is 0 Å². The molecule has 0 fully saturated rings. The van der Waals surface area contributed by atoms with Gasteiger partial charge in [-0.1, -0.05) is 6.08 Å². The Morgan fingerprint density at radius 2 is 2.27 bits per heavy atom. The highest BCUT2D eigenvalue weighted by molar-refractivity contribution is 5.73. The molecule has 3 nitrogen and oxygen atoms in total. The van der Waals surface area contributed by atoms with E-state index >= 15 is 0 Å². The number of carbonyl (C=O) groups is 1. The van der Waals surface area contributed by atoms with Gasteiger partial charge in [-0.05, 0) is 20.3 Å². The Hall–Kier alpha value is -0.990. The van der Waals surface area contributed by atoms with Crippen molar-refractivity contribution in [2.45, 2.75) is 26.3 Å². The van der Waals surface area contributed by atoms with E-state index in [1.54, 1.807) is 6.08 Å². The Balaban J connectivity index is 3.30. The van der Waals surface area contributed by atoms with Crippen LogP contribution in [0.4, 0.5) is 4.79 Å². The van der Waals surface area contributed by atoms with Gasteiger partial charge in [0.2, 0.25) is 0 Å². The van der Waals surface area contributed by atoms with Gasteiger partial charge in [-0.3, -0.25) is 0 Å². The molecule has 0 rings (SSSR count). The Morgan fingerprint density at radius 1 is 1.64 bits per heavy atom. The molecular weight excluding hydrogens is 140 g/mol. The van der Waals surface area contributed by atoms with E-state index < -0.39 is 0 Å². The van der Waals surface area contributed by atoms with Gasteiger partial charge in [0.1, 0.15) is 0 Å². The standard InChI is InChI=1S/C8H16N2O/c1-4-5-6-9-8(11)10-7(2)3/h4,7H,1,5-6H2,2-3H3,(H2,9,10,11). The third-order valence-corrected chi connectivity index (χ3v) is 1.05. The van der Waals surface area contributed by atoms with Gasteiger partial charge >= 0.3 is 6.03 Å². The molecule has 0 bridgehead atoms. The fourth-order valence-electron chi connectivity index (χ4n) is 0.601. The van der Waals surface area contributed by atoms with Crippen molar-refractivity contribution in [1.29, 1.82) is 0 Å². The zero-order chi connectivity index (χ0) is 8.69. The maximum Gasteiger partial charge on any atom is 0.314 e. The van der Waals surface area contributed by atoms with Crippen molar-refractivity contribution in [3.63, 3.8) is 0 Å². The average molecular weight is 156 g/mol. The van der Waals surface area contributed by atoms with Gasteiger partial charge in [-0.25, -0.2) is 4.79 Å². The number of amides is 2. The minimum atomic E-state index is -0.109. The predicted molar refractivity (Wildman–Crippen MR) is 46.5 cm³/mol. The molecule has 0 heterocycles. The zero-order valence-electron chi connectivity index (χ0n) is 7.18. The quantitative estimate of drug-likeness (QED) is 0.467. The van der Waals surface area contributed by atoms with E-state index in [1.165, 1.54) is 0 Å². The lowest BCUT2D eigenvalue weighted by molar-refractivity contribution is 0.239. The SMILES string of the molecule is C=CCCNC(=O)NC(C)C. The Kier molecular flexibility index (Phi) is 5.25. The van der Waals surface area contributed by atoms with E-state index in [9.17, 15) is 4.79 Å². The maximum absolute atomic E-state index is 10.9. The van der Waals surface area contributed by atoms with E-state index in [0.717, 1.165) is 6.42 Å². The highest BCUT2D eigenvalue weighted by Gasteiger charge is 1.98. The van der Waals surface area contributed by atoms with Gasteiger partial charge in [0.05, 0.1) is 0 Å². The van der Waals surface area contributed by atoms with Crippen LogP contribution in [0, 0.1) is 0 Å². The average Bonchev–Trinajstić information content (AvgIpc) is 1.86. The van der Waals surface area contributed by atoms with Gasteiger partial charge in [-0.2, -0.15) is 0 Å². The monoisotopic (exact) mass is 156 g/mol. The fraction of sp³-hybridized carbons (Fsp3) is 0.625. The molecule has 11 heavy (non-hydrogen) atoms. The van der Waals surface area contributed by atoms with Gasteiger partial charge < -0.3 is 10.6 Å². The minimum Gasteiger partial charge on any atom is -0.338 e.